The summed E-state index contributed by atoms with van der Waals surface area (Å²) in [5.74, 6) is 4.05. The van der Waals surface area contributed by atoms with E-state index in [0.717, 1.165) is 0 Å². The summed E-state index contributed by atoms with van der Waals surface area (Å²) in [6.07, 6.45) is 0. The lowest BCUT2D eigenvalue weighted by Crippen LogP contribution is -2.05. The molecule has 0 bridgehead atoms. The van der Waals surface area contributed by atoms with Gasteiger partial charge < -0.3 is 15.5 Å². The molecule has 0 saturated carbocycles. The molecule has 0 saturated heterocycles. The highest BCUT2D eigenvalue weighted by Crippen LogP contribution is 2.16. The summed E-state index contributed by atoms with van der Waals surface area (Å²) in [6.45, 7) is 0. The molecule has 8 heteroatoms. The molecule has 6 nitrogen and oxygen atoms in total. The number of nitrogens with zero attached hydrogens (tertiary/aromatic N) is 1. The Labute approximate surface area is 103 Å². The minimum Gasteiger partial charge on any atom is -0.475 e. The number of imidazole rings is 1. The number of halogens is 2. The average Bonchev–Trinajstić information content (AvgIpc) is 2.59. The van der Waals surface area contributed by atoms with Crippen molar-refractivity contribution in [2.24, 2.45) is 5.84 Å². The Morgan fingerprint density at radius 2 is 2.12 bits per heavy atom. The van der Waals surface area contributed by atoms with Crippen molar-refractivity contribution in [2.45, 2.75) is 0 Å². The highest BCUT2D eigenvalue weighted by atomic mass is 35.5. The van der Waals surface area contributed by atoms with E-state index < -0.39 is 5.97 Å². The summed E-state index contributed by atoms with van der Waals surface area (Å²) >= 11 is 0. The van der Waals surface area contributed by atoms with Crippen LogP contribution in [0.2, 0.25) is 0 Å². The van der Waals surface area contributed by atoms with Crippen LogP contribution >= 0.6 is 24.8 Å². The zero-order chi connectivity index (χ0) is 10.1. The number of carbonyl (C=O) groups is 1. The maximum Gasteiger partial charge on any atom is 0.371 e. The van der Waals surface area contributed by atoms with Crippen LogP contribution in [0.5, 0.6) is 0 Å². The number of hydrazine groups is 1. The molecule has 0 aliphatic heterocycles. The molecule has 0 aliphatic carbocycles. The smallest absolute Gasteiger partial charge is 0.371 e. The van der Waals surface area contributed by atoms with E-state index in [9.17, 15) is 4.79 Å². The number of aromatic nitrogens is 2. The number of benzene rings is 1. The number of fused-ring (bicyclic) bond motifs is 1. The number of nitrogens with one attached hydrogen (secondary N) is 2. The molecular formula is C8H10Cl2N4O2. The van der Waals surface area contributed by atoms with Gasteiger partial charge in [0.1, 0.15) is 0 Å². The molecule has 1 aromatic carbocycles. The second-order valence-corrected chi connectivity index (χ2v) is 2.77. The third-order valence-electron chi connectivity index (χ3n) is 1.85. The van der Waals surface area contributed by atoms with Gasteiger partial charge in [-0.2, -0.15) is 0 Å². The maximum absolute atomic E-state index is 10.6. The number of hydrogen-bond acceptors (Lipinski definition) is 4. The first kappa shape index (κ1) is 14.5. The van der Waals surface area contributed by atoms with Gasteiger partial charge in [0.05, 0.1) is 16.7 Å². The predicted molar refractivity (Wildman–Crippen MR) is 65.4 cm³/mol. The lowest BCUT2D eigenvalue weighted by Gasteiger charge is -1.96. The van der Waals surface area contributed by atoms with Gasteiger partial charge in [0.25, 0.3) is 0 Å². The van der Waals surface area contributed by atoms with Crippen molar-refractivity contribution < 1.29 is 9.90 Å². The van der Waals surface area contributed by atoms with Crippen molar-refractivity contribution >= 4 is 47.5 Å². The third-order valence-corrected chi connectivity index (χ3v) is 1.85. The van der Waals surface area contributed by atoms with Crippen molar-refractivity contribution in [3.05, 3.63) is 24.0 Å². The zero-order valence-electron chi connectivity index (χ0n) is 7.93. The molecular weight excluding hydrogens is 255 g/mol. The zero-order valence-corrected chi connectivity index (χ0v) is 9.56. The number of hydrogen-bond donors (Lipinski definition) is 4. The van der Waals surface area contributed by atoms with Crippen molar-refractivity contribution in [3.63, 3.8) is 0 Å². The van der Waals surface area contributed by atoms with Gasteiger partial charge in [-0.05, 0) is 18.2 Å². The van der Waals surface area contributed by atoms with Gasteiger partial charge in [0.15, 0.2) is 0 Å². The van der Waals surface area contributed by atoms with Crippen LogP contribution in [-0.2, 0) is 0 Å². The average molecular weight is 265 g/mol. The van der Waals surface area contributed by atoms with Gasteiger partial charge in [-0.15, -0.1) is 24.8 Å². The summed E-state index contributed by atoms with van der Waals surface area (Å²) in [4.78, 5) is 17.1. The number of aromatic carboxylic acids is 1. The Morgan fingerprint density at radius 1 is 1.44 bits per heavy atom. The van der Waals surface area contributed by atoms with E-state index in [1.165, 1.54) is 0 Å². The number of carboxylic acids is 1. The van der Waals surface area contributed by atoms with E-state index >= 15 is 0 Å². The lowest BCUT2D eigenvalue weighted by atomic mass is 10.3. The number of nitrogens with two attached hydrogens (primary N) is 1. The molecule has 1 heterocycles. The van der Waals surface area contributed by atoms with Crippen LogP contribution < -0.4 is 11.3 Å². The van der Waals surface area contributed by atoms with Crippen LogP contribution in [0.15, 0.2) is 18.2 Å². The first-order valence-electron chi connectivity index (χ1n) is 3.90. The van der Waals surface area contributed by atoms with E-state index in [2.05, 4.69) is 15.4 Å². The number of H-pyrrole nitrogens is 1. The molecule has 0 aliphatic rings. The molecule has 2 rings (SSSR count). The van der Waals surface area contributed by atoms with Crippen LogP contribution in [0.3, 0.4) is 0 Å². The predicted octanol–water partition coefficient (Wildman–Crippen LogP) is 1.39. The SMILES string of the molecule is Cl.Cl.NNc1ccc2[nH]c(C(=O)O)nc2c1. The Balaban J connectivity index is 0.00000112. The molecule has 0 spiro atoms. The number of carboxylic acid groups (broad SMARTS) is 1. The van der Waals surface area contributed by atoms with E-state index in [1.807, 2.05) is 0 Å². The van der Waals surface area contributed by atoms with Crippen molar-refractivity contribution in [2.75, 3.05) is 5.43 Å². The van der Waals surface area contributed by atoms with Crippen molar-refractivity contribution in [1.82, 2.24) is 9.97 Å². The molecule has 0 amide bonds. The summed E-state index contributed by atoms with van der Waals surface area (Å²) in [6, 6.07) is 5.11. The van der Waals surface area contributed by atoms with Crippen LogP contribution in [0.4, 0.5) is 5.69 Å². The summed E-state index contributed by atoms with van der Waals surface area (Å²) in [7, 11) is 0. The van der Waals surface area contributed by atoms with E-state index in [-0.39, 0.29) is 30.6 Å². The van der Waals surface area contributed by atoms with E-state index in [1.54, 1.807) is 18.2 Å². The molecule has 5 N–H and O–H groups in total. The summed E-state index contributed by atoms with van der Waals surface area (Å²) < 4.78 is 0. The minimum atomic E-state index is -1.08. The Bertz CT molecular complexity index is 500. The topological polar surface area (TPSA) is 104 Å². The van der Waals surface area contributed by atoms with Gasteiger partial charge in [-0.25, -0.2) is 9.78 Å². The normalized spacial score (nSPS) is 9.06. The maximum atomic E-state index is 10.6. The first-order valence-corrected chi connectivity index (χ1v) is 3.90. The first-order chi connectivity index (χ1) is 6.70. The fourth-order valence-electron chi connectivity index (χ4n) is 1.20. The van der Waals surface area contributed by atoms with E-state index in [0.29, 0.717) is 16.7 Å². The molecule has 1 aromatic heterocycles. The monoisotopic (exact) mass is 264 g/mol. The highest BCUT2D eigenvalue weighted by Gasteiger charge is 2.08. The second kappa shape index (κ2) is 5.55. The van der Waals surface area contributed by atoms with Crippen LogP contribution in [0.25, 0.3) is 11.0 Å². The molecule has 0 atom stereocenters. The highest BCUT2D eigenvalue weighted by molar-refractivity contribution is 5.89. The Kier molecular flexibility index (Phi) is 5.03. The number of aromatic amines is 1. The number of nitrogen functional groups attached to an aromatic ring is 1. The number of anilines is 1. The Morgan fingerprint density at radius 3 is 2.69 bits per heavy atom. The summed E-state index contributed by atoms with van der Waals surface area (Å²) in [5, 5.41) is 8.68. The van der Waals surface area contributed by atoms with Gasteiger partial charge in [0, 0.05) is 0 Å². The van der Waals surface area contributed by atoms with E-state index in [4.69, 9.17) is 10.9 Å². The fourth-order valence-corrected chi connectivity index (χ4v) is 1.20. The fraction of sp³-hybridized carbons (Fsp3) is 0. The summed E-state index contributed by atoms with van der Waals surface area (Å²) in [5.41, 5.74) is 4.37. The standard InChI is InChI=1S/C8H8N4O2.2ClH/c9-12-4-1-2-5-6(3-4)11-7(10-5)8(13)14;;/h1-3,12H,9H2,(H,10,11)(H,13,14);2*1H. The van der Waals surface area contributed by atoms with Crippen molar-refractivity contribution in [3.8, 4) is 0 Å². The molecule has 0 unspecified atom stereocenters. The molecule has 0 fully saturated rings. The van der Waals surface area contributed by atoms with Crippen molar-refractivity contribution in [1.29, 1.82) is 0 Å². The Hall–Kier alpha value is -1.50. The van der Waals surface area contributed by atoms with Crippen LogP contribution in [-0.4, -0.2) is 21.0 Å². The molecule has 2 aromatic rings. The molecule has 16 heavy (non-hydrogen) atoms. The van der Waals surface area contributed by atoms with Crippen LogP contribution in [0.1, 0.15) is 10.6 Å². The van der Waals surface area contributed by atoms with Gasteiger partial charge in [0.2, 0.25) is 5.82 Å². The quantitative estimate of drug-likeness (QED) is 0.485. The van der Waals surface area contributed by atoms with Gasteiger partial charge >= 0.3 is 5.97 Å². The molecule has 0 radical (unpaired) electrons. The third kappa shape index (κ3) is 2.54. The number of rotatable bonds is 2. The largest absolute Gasteiger partial charge is 0.475 e. The minimum absolute atomic E-state index is 0. The van der Waals surface area contributed by atoms with Gasteiger partial charge in [-0.3, -0.25) is 5.84 Å². The second-order valence-electron chi connectivity index (χ2n) is 2.77. The lowest BCUT2D eigenvalue weighted by molar-refractivity contribution is 0.0685. The van der Waals surface area contributed by atoms with Crippen LogP contribution in [0, 0.1) is 0 Å². The molecule has 88 valence electrons. The van der Waals surface area contributed by atoms with Gasteiger partial charge in [-0.1, -0.05) is 0 Å².